The lowest BCUT2D eigenvalue weighted by Gasteiger charge is -2.14. The van der Waals surface area contributed by atoms with E-state index in [0.29, 0.717) is 29.1 Å². The lowest BCUT2D eigenvalue weighted by atomic mass is 10.1. The minimum Gasteiger partial charge on any atom is -0.492 e. The normalized spacial score (nSPS) is 11.6. The summed E-state index contributed by atoms with van der Waals surface area (Å²) >= 11 is 0. The van der Waals surface area contributed by atoms with Crippen molar-refractivity contribution >= 4 is 11.0 Å². The van der Waals surface area contributed by atoms with Crippen molar-refractivity contribution in [3.63, 3.8) is 0 Å². The first-order valence-corrected chi connectivity index (χ1v) is 9.55. The van der Waals surface area contributed by atoms with Gasteiger partial charge in [0, 0.05) is 6.07 Å². The van der Waals surface area contributed by atoms with E-state index in [0.717, 1.165) is 12.8 Å². The Bertz CT molecular complexity index is 914. The van der Waals surface area contributed by atoms with Crippen molar-refractivity contribution in [3.8, 4) is 17.2 Å². The lowest BCUT2D eigenvalue weighted by Crippen LogP contribution is -2.14. The molecule has 28 heavy (non-hydrogen) atoms. The van der Waals surface area contributed by atoms with Crippen LogP contribution in [0.15, 0.2) is 50.7 Å². The van der Waals surface area contributed by atoms with Gasteiger partial charge in [0.2, 0.25) is 5.75 Å². The standard InChI is InChI=1S/C23H30O5/c1-15(2)8-7-9-17(5)12-13-26-18-10-11-19-20(14-18)28-23(24)22(21(19)25-6)27-16(3)4/h8,10-12,14,16H,7,9,13H2,1-6H3/b17-12+. The van der Waals surface area contributed by atoms with Crippen molar-refractivity contribution in [2.45, 2.75) is 53.6 Å². The largest absolute Gasteiger partial charge is 0.492 e. The third-order valence-electron chi connectivity index (χ3n) is 4.12. The maximum atomic E-state index is 12.3. The molecule has 2 rings (SSSR count). The van der Waals surface area contributed by atoms with Crippen LogP contribution in [0.2, 0.25) is 0 Å². The van der Waals surface area contributed by atoms with Gasteiger partial charge in [0.1, 0.15) is 17.9 Å². The van der Waals surface area contributed by atoms with Crippen LogP contribution in [0.1, 0.15) is 47.5 Å². The second kappa shape index (κ2) is 10.0. The molecule has 0 aliphatic carbocycles. The molecule has 1 heterocycles. The second-order valence-corrected chi connectivity index (χ2v) is 7.26. The van der Waals surface area contributed by atoms with Crippen LogP contribution in [0.5, 0.6) is 17.2 Å². The van der Waals surface area contributed by atoms with Gasteiger partial charge in [-0.15, -0.1) is 0 Å². The minimum atomic E-state index is -0.565. The van der Waals surface area contributed by atoms with Gasteiger partial charge in [-0.25, -0.2) is 4.79 Å². The number of hydrogen-bond acceptors (Lipinski definition) is 5. The summed E-state index contributed by atoms with van der Waals surface area (Å²) in [4.78, 5) is 12.3. The molecule has 0 saturated carbocycles. The highest BCUT2D eigenvalue weighted by atomic mass is 16.5. The molecule has 0 aliphatic heterocycles. The van der Waals surface area contributed by atoms with Gasteiger partial charge in [-0.05, 0) is 65.7 Å². The van der Waals surface area contributed by atoms with Gasteiger partial charge in [0.05, 0.1) is 18.6 Å². The Hall–Kier alpha value is -2.69. The fourth-order valence-electron chi connectivity index (χ4n) is 2.74. The van der Waals surface area contributed by atoms with Crippen LogP contribution in [0.4, 0.5) is 0 Å². The summed E-state index contributed by atoms with van der Waals surface area (Å²) in [6.07, 6.45) is 6.18. The number of rotatable bonds is 9. The third-order valence-corrected chi connectivity index (χ3v) is 4.12. The molecule has 2 aromatic rings. The van der Waals surface area contributed by atoms with E-state index in [-0.39, 0.29) is 11.9 Å². The Morgan fingerprint density at radius 3 is 2.54 bits per heavy atom. The summed E-state index contributed by atoms with van der Waals surface area (Å²) in [5.74, 6) is 1.10. The number of ether oxygens (including phenoxy) is 3. The fraction of sp³-hybridized carbons (Fsp3) is 0.435. The molecule has 0 spiro atoms. The predicted molar refractivity (Wildman–Crippen MR) is 113 cm³/mol. The van der Waals surface area contributed by atoms with Gasteiger partial charge >= 0.3 is 5.63 Å². The maximum absolute atomic E-state index is 12.3. The first kappa shape index (κ1) is 21.6. The maximum Gasteiger partial charge on any atom is 0.383 e. The molecular formula is C23H30O5. The molecule has 1 aromatic carbocycles. The zero-order valence-electron chi connectivity index (χ0n) is 17.6. The summed E-state index contributed by atoms with van der Waals surface area (Å²) in [7, 11) is 1.51. The van der Waals surface area contributed by atoms with E-state index >= 15 is 0 Å². The van der Waals surface area contributed by atoms with Crippen molar-refractivity contribution in [1.82, 2.24) is 0 Å². The SMILES string of the molecule is COc1c(OC(C)C)c(=O)oc2cc(OC/C=C(\C)CCC=C(C)C)ccc12. The molecule has 152 valence electrons. The van der Waals surface area contributed by atoms with Crippen LogP contribution in [-0.2, 0) is 0 Å². The van der Waals surface area contributed by atoms with E-state index in [2.05, 4.69) is 32.9 Å². The average Bonchev–Trinajstić information content (AvgIpc) is 2.61. The summed E-state index contributed by atoms with van der Waals surface area (Å²) in [6, 6.07) is 5.34. The average molecular weight is 386 g/mol. The molecule has 5 nitrogen and oxygen atoms in total. The first-order valence-electron chi connectivity index (χ1n) is 9.55. The topological polar surface area (TPSA) is 57.9 Å². The van der Waals surface area contributed by atoms with Gasteiger partial charge in [-0.2, -0.15) is 0 Å². The molecule has 0 bridgehead atoms. The number of hydrogen-bond donors (Lipinski definition) is 0. The highest BCUT2D eigenvalue weighted by Crippen LogP contribution is 2.34. The van der Waals surface area contributed by atoms with Gasteiger partial charge in [0.15, 0.2) is 5.75 Å². The summed E-state index contributed by atoms with van der Waals surface area (Å²) in [6.45, 7) is 10.5. The molecule has 0 aliphatic rings. The summed E-state index contributed by atoms with van der Waals surface area (Å²) in [5.41, 5.74) is 2.45. The third kappa shape index (κ3) is 5.91. The zero-order chi connectivity index (χ0) is 20.7. The first-order chi connectivity index (χ1) is 13.3. The number of methoxy groups -OCH3 is 1. The van der Waals surface area contributed by atoms with E-state index in [9.17, 15) is 4.79 Å². The zero-order valence-corrected chi connectivity index (χ0v) is 17.6. The Morgan fingerprint density at radius 2 is 1.89 bits per heavy atom. The van der Waals surface area contributed by atoms with E-state index in [1.54, 1.807) is 6.07 Å². The Kier molecular flexibility index (Phi) is 7.73. The highest BCUT2D eigenvalue weighted by molar-refractivity contribution is 5.86. The molecule has 0 fully saturated rings. The molecule has 1 aromatic heterocycles. The van der Waals surface area contributed by atoms with Crippen LogP contribution < -0.4 is 19.8 Å². The Balaban J connectivity index is 2.16. The van der Waals surface area contributed by atoms with Gasteiger partial charge < -0.3 is 18.6 Å². The minimum absolute atomic E-state index is 0.0913. The molecule has 0 amide bonds. The van der Waals surface area contributed by atoms with Crippen LogP contribution in [-0.4, -0.2) is 19.8 Å². The van der Waals surface area contributed by atoms with Crippen molar-refractivity contribution in [2.24, 2.45) is 0 Å². The molecule has 5 heteroatoms. The van der Waals surface area contributed by atoms with Crippen LogP contribution in [0.3, 0.4) is 0 Å². The number of allylic oxidation sites excluding steroid dienone is 3. The van der Waals surface area contributed by atoms with E-state index in [1.807, 2.05) is 26.0 Å². The quantitative estimate of drug-likeness (QED) is 0.411. The van der Waals surface area contributed by atoms with Crippen molar-refractivity contribution in [2.75, 3.05) is 13.7 Å². The molecule has 0 radical (unpaired) electrons. The lowest BCUT2D eigenvalue weighted by molar-refractivity contribution is 0.220. The molecule has 0 unspecified atom stereocenters. The Morgan fingerprint density at radius 1 is 1.14 bits per heavy atom. The Labute approximate surface area is 166 Å². The number of fused-ring (bicyclic) bond motifs is 1. The predicted octanol–water partition coefficient (Wildman–Crippen LogP) is 5.66. The molecule has 0 saturated heterocycles. The van der Waals surface area contributed by atoms with Gasteiger partial charge in [0.25, 0.3) is 0 Å². The van der Waals surface area contributed by atoms with Crippen LogP contribution >= 0.6 is 0 Å². The van der Waals surface area contributed by atoms with Crippen LogP contribution in [0, 0.1) is 0 Å². The monoisotopic (exact) mass is 386 g/mol. The molecule has 0 N–H and O–H groups in total. The summed E-state index contributed by atoms with van der Waals surface area (Å²) in [5, 5.41) is 0.665. The molecular weight excluding hydrogens is 356 g/mol. The van der Waals surface area contributed by atoms with Gasteiger partial charge in [-0.3, -0.25) is 0 Å². The smallest absolute Gasteiger partial charge is 0.383 e. The summed E-state index contributed by atoms with van der Waals surface area (Å²) < 4.78 is 22.2. The van der Waals surface area contributed by atoms with Crippen LogP contribution in [0.25, 0.3) is 11.0 Å². The van der Waals surface area contributed by atoms with Crippen molar-refractivity contribution in [1.29, 1.82) is 0 Å². The van der Waals surface area contributed by atoms with E-state index in [1.165, 1.54) is 18.3 Å². The van der Waals surface area contributed by atoms with E-state index < -0.39 is 5.63 Å². The van der Waals surface area contributed by atoms with Crippen molar-refractivity contribution in [3.05, 3.63) is 51.9 Å². The fourth-order valence-corrected chi connectivity index (χ4v) is 2.74. The second-order valence-electron chi connectivity index (χ2n) is 7.26. The van der Waals surface area contributed by atoms with E-state index in [4.69, 9.17) is 18.6 Å². The number of benzene rings is 1. The van der Waals surface area contributed by atoms with Gasteiger partial charge in [-0.1, -0.05) is 17.2 Å². The van der Waals surface area contributed by atoms with Crippen molar-refractivity contribution < 1.29 is 18.6 Å². The highest BCUT2D eigenvalue weighted by Gasteiger charge is 2.18. The molecule has 0 atom stereocenters.